The Hall–Kier alpha value is -4.59. The number of fused-ring (bicyclic) bond motifs is 1. The lowest BCUT2D eigenvalue weighted by Gasteiger charge is -2.11. The summed E-state index contributed by atoms with van der Waals surface area (Å²) in [6, 6.07) is 22.6. The first kappa shape index (κ1) is 19.4. The van der Waals surface area contributed by atoms with Crippen molar-refractivity contribution in [1.29, 1.82) is 0 Å². The van der Waals surface area contributed by atoms with E-state index in [1.165, 1.54) is 10.9 Å². The van der Waals surface area contributed by atoms with Gasteiger partial charge in [-0.1, -0.05) is 48.5 Å². The normalized spacial score (nSPS) is 11.0. The van der Waals surface area contributed by atoms with Gasteiger partial charge in [0.2, 0.25) is 0 Å². The summed E-state index contributed by atoms with van der Waals surface area (Å²) in [7, 11) is 1.54. The molecular weight excluding hydrogens is 404 g/mol. The van der Waals surface area contributed by atoms with E-state index in [0.29, 0.717) is 34.0 Å². The fourth-order valence-corrected chi connectivity index (χ4v) is 3.89. The molecule has 0 unspecified atom stereocenters. The van der Waals surface area contributed by atoms with E-state index in [-0.39, 0.29) is 11.5 Å². The van der Waals surface area contributed by atoms with Gasteiger partial charge in [0, 0.05) is 23.4 Å². The lowest BCUT2D eigenvalue weighted by molar-refractivity contribution is 0.415. The van der Waals surface area contributed by atoms with Gasteiger partial charge in [0.25, 0.3) is 0 Å². The number of rotatable bonds is 4. The number of methoxy groups -OCH3 is 1. The summed E-state index contributed by atoms with van der Waals surface area (Å²) in [4.78, 5) is 22.4. The number of ether oxygens (including phenoxy) is 1. The number of hydrogen-bond donors (Lipinski definition) is 2. The molecule has 0 atom stereocenters. The average molecular weight is 424 g/mol. The Bertz CT molecular complexity index is 1500. The Morgan fingerprint density at radius 2 is 1.62 bits per heavy atom. The van der Waals surface area contributed by atoms with E-state index >= 15 is 0 Å². The molecule has 0 radical (unpaired) electrons. The van der Waals surface area contributed by atoms with Crippen LogP contribution >= 0.6 is 0 Å². The highest BCUT2D eigenvalue weighted by molar-refractivity contribution is 5.87. The summed E-state index contributed by atoms with van der Waals surface area (Å²) in [5.74, 6) is 0.726. The predicted octanol–water partition coefficient (Wildman–Crippen LogP) is 3.41. The minimum atomic E-state index is -0.344. The zero-order valence-corrected chi connectivity index (χ0v) is 17.3. The quantitative estimate of drug-likeness (QED) is 0.427. The van der Waals surface area contributed by atoms with Crippen molar-refractivity contribution in [2.24, 2.45) is 0 Å². The molecule has 0 aliphatic carbocycles. The second-order valence-electron chi connectivity index (χ2n) is 7.23. The topological polar surface area (TPSA) is 114 Å². The maximum Gasteiger partial charge on any atom is 0.339 e. The van der Waals surface area contributed by atoms with Crippen LogP contribution in [-0.4, -0.2) is 26.2 Å². The third kappa shape index (κ3) is 3.05. The first-order chi connectivity index (χ1) is 15.6. The van der Waals surface area contributed by atoms with E-state index in [2.05, 4.69) is 9.97 Å². The van der Waals surface area contributed by atoms with Gasteiger partial charge in [0.1, 0.15) is 17.6 Å². The monoisotopic (exact) mass is 424 g/mol. The molecule has 0 amide bonds. The summed E-state index contributed by atoms with van der Waals surface area (Å²) in [5, 5.41) is 0. The van der Waals surface area contributed by atoms with Gasteiger partial charge in [0.15, 0.2) is 11.5 Å². The lowest BCUT2D eigenvalue weighted by atomic mass is 10.0. The van der Waals surface area contributed by atoms with E-state index in [0.717, 1.165) is 11.1 Å². The molecule has 5 rings (SSSR count). The molecule has 32 heavy (non-hydrogen) atoms. The van der Waals surface area contributed by atoms with Crippen LogP contribution in [0, 0.1) is 0 Å². The number of nitrogens with two attached hydrogens (primary N) is 2. The Morgan fingerprint density at radius 3 is 2.41 bits per heavy atom. The number of hydrogen-bond acceptors (Lipinski definition) is 6. The van der Waals surface area contributed by atoms with Crippen LogP contribution < -0.4 is 21.9 Å². The van der Waals surface area contributed by atoms with Crippen molar-refractivity contribution >= 4 is 22.7 Å². The van der Waals surface area contributed by atoms with Crippen LogP contribution in [0.2, 0.25) is 0 Å². The van der Waals surface area contributed by atoms with Gasteiger partial charge in [-0.3, -0.25) is 4.57 Å². The summed E-state index contributed by atoms with van der Waals surface area (Å²) in [6.45, 7) is 0. The predicted molar refractivity (Wildman–Crippen MR) is 125 cm³/mol. The molecule has 0 aliphatic rings. The van der Waals surface area contributed by atoms with Gasteiger partial charge in [0.05, 0.1) is 18.5 Å². The molecule has 0 saturated carbocycles. The van der Waals surface area contributed by atoms with E-state index in [9.17, 15) is 4.79 Å². The average Bonchev–Trinajstić information content (AvgIpc) is 3.12. The Morgan fingerprint density at radius 1 is 0.875 bits per heavy atom. The fraction of sp³-hybridized carbons (Fsp3) is 0.0417. The maximum absolute atomic E-state index is 13.9. The molecule has 2 heterocycles. The van der Waals surface area contributed by atoms with Crippen LogP contribution in [-0.2, 0) is 0 Å². The molecule has 0 fully saturated rings. The number of imidazole rings is 1. The van der Waals surface area contributed by atoms with Crippen molar-refractivity contribution in [2.45, 2.75) is 0 Å². The molecule has 0 aliphatic heterocycles. The molecule has 158 valence electrons. The van der Waals surface area contributed by atoms with Crippen LogP contribution in [0.4, 0.5) is 11.5 Å². The SMILES string of the molecule is COc1cc(N)cc(-n2c(=O)n(-c3ccccc3-c3ccccc3)c3c(N)ncnc32)c1. The van der Waals surface area contributed by atoms with E-state index < -0.39 is 0 Å². The molecule has 2 aromatic heterocycles. The van der Waals surface area contributed by atoms with Crippen LogP contribution in [0.1, 0.15) is 0 Å². The summed E-state index contributed by atoms with van der Waals surface area (Å²) >= 11 is 0. The molecule has 0 spiro atoms. The third-order valence-corrected chi connectivity index (χ3v) is 5.29. The Kier molecular flexibility index (Phi) is 4.59. The highest BCUT2D eigenvalue weighted by Gasteiger charge is 2.22. The highest BCUT2D eigenvalue weighted by Crippen LogP contribution is 2.31. The van der Waals surface area contributed by atoms with Gasteiger partial charge in [-0.05, 0) is 17.7 Å². The van der Waals surface area contributed by atoms with Gasteiger partial charge in [-0.2, -0.15) is 0 Å². The highest BCUT2D eigenvalue weighted by atomic mass is 16.5. The molecule has 5 aromatic rings. The Balaban J connectivity index is 1.88. The van der Waals surface area contributed by atoms with E-state index in [1.807, 2.05) is 54.6 Å². The minimum Gasteiger partial charge on any atom is -0.497 e. The molecule has 8 nitrogen and oxygen atoms in total. The third-order valence-electron chi connectivity index (χ3n) is 5.29. The summed E-state index contributed by atoms with van der Waals surface area (Å²) < 4.78 is 8.35. The number of aromatic nitrogens is 4. The second-order valence-corrected chi connectivity index (χ2v) is 7.23. The van der Waals surface area contributed by atoms with Crippen LogP contribution in [0.5, 0.6) is 5.75 Å². The van der Waals surface area contributed by atoms with Crippen LogP contribution in [0.25, 0.3) is 33.7 Å². The number of para-hydroxylation sites is 1. The van der Waals surface area contributed by atoms with Gasteiger partial charge < -0.3 is 16.2 Å². The molecular formula is C24H20N6O2. The van der Waals surface area contributed by atoms with Crippen molar-refractivity contribution in [1.82, 2.24) is 19.1 Å². The fourth-order valence-electron chi connectivity index (χ4n) is 3.89. The number of nitrogen functional groups attached to an aromatic ring is 2. The van der Waals surface area contributed by atoms with Crippen LogP contribution in [0.15, 0.2) is 83.9 Å². The standard InChI is InChI=1S/C24H20N6O2/c1-32-18-12-16(25)11-17(13-18)29-23-21(22(26)27-14-28-23)30(24(29)31)20-10-6-5-9-19(20)15-7-3-2-4-8-15/h2-14H,25H2,1H3,(H2,26,27,28). The van der Waals surface area contributed by atoms with Crippen molar-refractivity contribution in [3.8, 4) is 28.3 Å². The zero-order valence-electron chi connectivity index (χ0n) is 17.3. The van der Waals surface area contributed by atoms with Crippen molar-refractivity contribution < 1.29 is 4.74 Å². The van der Waals surface area contributed by atoms with Gasteiger partial charge in [-0.15, -0.1) is 0 Å². The first-order valence-corrected chi connectivity index (χ1v) is 9.92. The number of nitrogens with zero attached hydrogens (tertiary/aromatic N) is 4. The Labute approximate surface area is 183 Å². The number of anilines is 2. The second kappa shape index (κ2) is 7.59. The molecule has 3 aromatic carbocycles. The van der Waals surface area contributed by atoms with Gasteiger partial charge in [-0.25, -0.2) is 19.3 Å². The van der Waals surface area contributed by atoms with Crippen molar-refractivity contribution in [3.05, 3.63) is 89.6 Å². The summed E-state index contributed by atoms with van der Waals surface area (Å²) in [5.41, 5.74) is 16.3. The van der Waals surface area contributed by atoms with Crippen LogP contribution in [0.3, 0.4) is 0 Å². The largest absolute Gasteiger partial charge is 0.497 e. The van der Waals surface area contributed by atoms with Crippen molar-refractivity contribution in [2.75, 3.05) is 18.6 Å². The maximum atomic E-state index is 13.9. The van der Waals surface area contributed by atoms with Crippen molar-refractivity contribution in [3.63, 3.8) is 0 Å². The molecule has 0 bridgehead atoms. The van der Waals surface area contributed by atoms with E-state index in [1.54, 1.807) is 29.9 Å². The molecule has 4 N–H and O–H groups in total. The molecule has 8 heteroatoms. The molecule has 0 saturated heterocycles. The number of benzene rings is 3. The smallest absolute Gasteiger partial charge is 0.339 e. The van der Waals surface area contributed by atoms with E-state index in [4.69, 9.17) is 16.2 Å². The first-order valence-electron chi connectivity index (χ1n) is 9.92. The lowest BCUT2D eigenvalue weighted by Crippen LogP contribution is -2.23. The van der Waals surface area contributed by atoms with Gasteiger partial charge >= 0.3 is 5.69 Å². The summed E-state index contributed by atoms with van der Waals surface area (Å²) in [6.07, 6.45) is 1.34. The minimum absolute atomic E-state index is 0.199. The zero-order chi connectivity index (χ0) is 22.2.